The summed E-state index contributed by atoms with van der Waals surface area (Å²) in [7, 11) is 0. The molecule has 9 heteroatoms. The Bertz CT molecular complexity index is 1430. The van der Waals surface area contributed by atoms with Crippen molar-refractivity contribution < 1.29 is 9.13 Å². The average molecular weight is 474 g/mol. The third kappa shape index (κ3) is 5.46. The van der Waals surface area contributed by atoms with Gasteiger partial charge < -0.3 is 4.74 Å². The van der Waals surface area contributed by atoms with Gasteiger partial charge in [0.1, 0.15) is 29.8 Å². The molecule has 1 aromatic heterocycles. The molecule has 0 amide bonds. The minimum absolute atomic E-state index is 0.0711. The Morgan fingerprint density at radius 2 is 1.91 bits per heavy atom. The number of aromatic nitrogens is 2. The number of anilines is 1. The minimum Gasteiger partial charge on any atom is -0.489 e. The molecule has 4 aromatic rings. The predicted molar refractivity (Wildman–Crippen MR) is 128 cm³/mol. The zero-order valence-corrected chi connectivity index (χ0v) is 18.4. The summed E-state index contributed by atoms with van der Waals surface area (Å²) in [5.41, 5.74) is 4.41. The number of hydrogen-bond acceptors (Lipinski definition) is 6. The topological polar surface area (TPSA) is 103 Å². The van der Waals surface area contributed by atoms with Crippen molar-refractivity contribution in [3.8, 4) is 23.1 Å². The number of H-pyrrole nitrogens is 1. The van der Waals surface area contributed by atoms with E-state index in [0.717, 1.165) is 5.56 Å². The Kier molecular flexibility index (Phi) is 6.96. The highest BCUT2D eigenvalue weighted by atomic mass is 35.5. The first-order valence-electron chi connectivity index (χ1n) is 10.1. The average Bonchev–Trinajstić information content (AvgIpc) is 2.84. The third-order valence-corrected chi connectivity index (χ3v) is 5.10. The van der Waals surface area contributed by atoms with E-state index in [4.69, 9.17) is 16.3 Å². The van der Waals surface area contributed by atoms with Crippen LogP contribution in [0.3, 0.4) is 0 Å². The van der Waals surface area contributed by atoms with E-state index >= 15 is 0 Å². The Labute approximate surface area is 199 Å². The number of halogens is 2. The summed E-state index contributed by atoms with van der Waals surface area (Å²) in [6.45, 7) is 0.204. The summed E-state index contributed by atoms with van der Waals surface area (Å²) >= 11 is 6.01. The normalized spacial score (nSPS) is 10.7. The summed E-state index contributed by atoms with van der Waals surface area (Å²) in [6.07, 6.45) is 1.54. The van der Waals surface area contributed by atoms with Crippen molar-refractivity contribution in [1.29, 1.82) is 5.26 Å². The standard InChI is InChI=1S/C25H17ClFN5O2/c26-22-12-19(27)9-8-18(22)15-34-20-10-6-16(7-11-20)14-29-32-25-30-23(17-4-2-1-3-5-17)21(13-28)24(33)31-25/h1-12,14H,15H2,(H2,30,31,32,33). The molecule has 0 radical (unpaired) electrons. The Hall–Kier alpha value is -4.48. The van der Waals surface area contributed by atoms with Crippen molar-refractivity contribution in [3.63, 3.8) is 0 Å². The summed E-state index contributed by atoms with van der Waals surface area (Å²) in [6, 6.07) is 22.1. The monoisotopic (exact) mass is 473 g/mol. The number of hydrogen-bond donors (Lipinski definition) is 2. The van der Waals surface area contributed by atoms with Crippen molar-refractivity contribution in [2.45, 2.75) is 6.61 Å². The molecular formula is C25H17ClFN5O2. The molecule has 0 fully saturated rings. The van der Waals surface area contributed by atoms with E-state index in [9.17, 15) is 14.4 Å². The van der Waals surface area contributed by atoms with E-state index in [1.54, 1.807) is 60.8 Å². The van der Waals surface area contributed by atoms with Crippen molar-refractivity contribution in [1.82, 2.24) is 9.97 Å². The van der Waals surface area contributed by atoms with Gasteiger partial charge in [-0.3, -0.25) is 9.78 Å². The zero-order valence-electron chi connectivity index (χ0n) is 17.6. The summed E-state index contributed by atoms with van der Waals surface area (Å²) in [5, 5.41) is 13.7. The van der Waals surface area contributed by atoms with E-state index in [0.29, 0.717) is 21.9 Å². The predicted octanol–water partition coefficient (Wildman–Crippen LogP) is 5.13. The number of aromatic amines is 1. The van der Waals surface area contributed by atoms with Crippen LogP contribution in [-0.4, -0.2) is 16.2 Å². The number of nitrogens with one attached hydrogen (secondary N) is 2. The Morgan fingerprint density at radius 3 is 2.62 bits per heavy atom. The Morgan fingerprint density at radius 1 is 1.15 bits per heavy atom. The van der Waals surface area contributed by atoms with Gasteiger partial charge in [0.15, 0.2) is 0 Å². The number of ether oxygens (including phenoxy) is 1. The molecule has 2 N–H and O–H groups in total. The van der Waals surface area contributed by atoms with E-state index in [1.165, 1.54) is 12.1 Å². The zero-order chi connectivity index (χ0) is 23.9. The molecular weight excluding hydrogens is 457 g/mol. The highest BCUT2D eigenvalue weighted by Gasteiger charge is 2.12. The lowest BCUT2D eigenvalue weighted by atomic mass is 10.1. The maximum atomic E-state index is 13.1. The lowest BCUT2D eigenvalue weighted by Crippen LogP contribution is -2.16. The molecule has 0 unspecified atom stereocenters. The quantitative estimate of drug-likeness (QED) is 0.286. The number of benzene rings is 3. The summed E-state index contributed by atoms with van der Waals surface area (Å²) < 4.78 is 18.8. The van der Waals surface area contributed by atoms with Crippen LogP contribution in [0.2, 0.25) is 5.02 Å². The van der Waals surface area contributed by atoms with E-state index in [1.807, 2.05) is 12.1 Å². The number of hydrazone groups is 1. The van der Waals surface area contributed by atoms with Crippen LogP contribution in [0.25, 0.3) is 11.3 Å². The fourth-order valence-corrected chi connectivity index (χ4v) is 3.27. The van der Waals surface area contributed by atoms with Gasteiger partial charge in [-0.2, -0.15) is 10.4 Å². The van der Waals surface area contributed by atoms with Gasteiger partial charge in [-0.05, 0) is 42.0 Å². The molecule has 0 saturated heterocycles. The van der Waals surface area contributed by atoms with Gasteiger partial charge >= 0.3 is 0 Å². The molecule has 0 bridgehead atoms. The van der Waals surface area contributed by atoms with Crippen molar-refractivity contribution >= 4 is 23.8 Å². The van der Waals surface area contributed by atoms with Gasteiger partial charge in [0.25, 0.3) is 5.56 Å². The fraction of sp³-hybridized carbons (Fsp3) is 0.0400. The highest BCUT2D eigenvalue weighted by molar-refractivity contribution is 6.31. The molecule has 168 valence electrons. The molecule has 0 aliphatic heterocycles. The van der Waals surface area contributed by atoms with Crippen LogP contribution in [-0.2, 0) is 6.61 Å². The van der Waals surface area contributed by atoms with Crippen LogP contribution in [0.5, 0.6) is 5.75 Å². The van der Waals surface area contributed by atoms with Crippen LogP contribution < -0.4 is 15.7 Å². The molecule has 0 spiro atoms. The first-order chi connectivity index (χ1) is 16.5. The third-order valence-electron chi connectivity index (χ3n) is 4.75. The van der Waals surface area contributed by atoms with Gasteiger partial charge in [-0.15, -0.1) is 0 Å². The second-order valence-corrected chi connectivity index (χ2v) is 7.49. The van der Waals surface area contributed by atoms with Crippen molar-refractivity contribution in [2.24, 2.45) is 5.10 Å². The lowest BCUT2D eigenvalue weighted by Gasteiger charge is -2.08. The number of rotatable bonds is 7. The molecule has 34 heavy (non-hydrogen) atoms. The van der Waals surface area contributed by atoms with E-state index < -0.39 is 11.4 Å². The SMILES string of the molecule is N#Cc1c(-c2ccccc2)nc(NN=Cc2ccc(OCc3ccc(F)cc3Cl)cc2)[nH]c1=O. The molecule has 1 heterocycles. The van der Waals surface area contributed by atoms with Gasteiger partial charge in [-0.1, -0.05) is 48.0 Å². The summed E-state index contributed by atoms with van der Waals surface area (Å²) in [4.78, 5) is 19.1. The van der Waals surface area contributed by atoms with Gasteiger partial charge in [0, 0.05) is 11.1 Å². The van der Waals surface area contributed by atoms with Gasteiger partial charge in [-0.25, -0.2) is 14.8 Å². The van der Waals surface area contributed by atoms with Crippen LogP contribution in [0, 0.1) is 17.1 Å². The maximum absolute atomic E-state index is 13.1. The second kappa shape index (κ2) is 10.4. The molecule has 0 atom stereocenters. The van der Waals surface area contributed by atoms with E-state index in [2.05, 4.69) is 20.5 Å². The van der Waals surface area contributed by atoms with Crippen LogP contribution >= 0.6 is 11.6 Å². The number of nitrogens with zero attached hydrogens (tertiary/aromatic N) is 3. The van der Waals surface area contributed by atoms with Crippen LogP contribution in [0.1, 0.15) is 16.7 Å². The van der Waals surface area contributed by atoms with E-state index in [-0.39, 0.29) is 23.8 Å². The molecule has 0 saturated carbocycles. The van der Waals surface area contributed by atoms with Gasteiger partial charge in [0.2, 0.25) is 5.95 Å². The lowest BCUT2D eigenvalue weighted by molar-refractivity contribution is 0.306. The van der Waals surface area contributed by atoms with Gasteiger partial charge in [0.05, 0.1) is 16.9 Å². The largest absolute Gasteiger partial charge is 0.489 e. The number of nitriles is 1. The molecule has 4 rings (SSSR count). The molecule has 7 nitrogen and oxygen atoms in total. The first-order valence-corrected chi connectivity index (χ1v) is 10.5. The van der Waals surface area contributed by atoms with Crippen molar-refractivity contribution in [3.05, 3.63) is 111 Å². The first kappa shape index (κ1) is 22.7. The summed E-state index contributed by atoms with van der Waals surface area (Å²) in [5.74, 6) is 0.314. The van der Waals surface area contributed by atoms with Crippen LogP contribution in [0.4, 0.5) is 10.3 Å². The molecule has 3 aromatic carbocycles. The Balaban J connectivity index is 1.42. The fourth-order valence-electron chi connectivity index (χ4n) is 3.05. The second-order valence-electron chi connectivity index (χ2n) is 7.08. The van der Waals surface area contributed by atoms with Crippen LogP contribution in [0.15, 0.2) is 82.7 Å². The minimum atomic E-state index is -0.559. The van der Waals surface area contributed by atoms with Crippen molar-refractivity contribution in [2.75, 3.05) is 5.43 Å². The molecule has 0 aliphatic carbocycles. The highest BCUT2D eigenvalue weighted by Crippen LogP contribution is 2.21. The smallest absolute Gasteiger partial charge is 0.270 e. The molecule has 0 aliphatic rings. The maximum Gasteiger partial charge on any atom is 0.270 e.